The third-order valence-corrected chi connectivity index (χ3v) is 3.74. The number of amides is 1. The number of carbonyl (C=O) groups is 1. The van der Waals surface area contributed by atoms with Crippen molar-refractivity contribution in [2.24, 2.45) is 5.92 Å². The highest BCUT2D eigenvalue weighted by molar-refractivity contribution is 6.30. The van der Waals surface area contributed by atoms with Gasteiger partial charge in [0.05, 0.1) is 12.7 Å². The first-order chi connectivity index (χ1) is 10.5. The van der Waals surface area contributed by atoms with Gasteiger partial charge in [-0.3, -0.25) is 4.79 Å². The standard InChI is InChI=1S/C17H22ClNO3/c1-12(14-3-2-4-15(18)8-14)7-17(21)19-9-16(20)11-22-10-13-5-6-13/h2-4,7-8,13,16,20H,5-6,9-11H2,1H3,(H,19,21)/b12-7-. The first-order valence-corrected chi connectivity index (χ1v) is 7.90. The summed E-state index contributed by atoms with van der Waals surface area (Å²) in [5, 5.41) is 13.0. The predicted octanol–water partition coefficient (Wildman–Crippen LogP) is 2.65. The topological polar surface area (TPSA) is 58.6 Å². The van der Waals surface area contributed by atoms with E-state index in [4.69, 9.17) is 16.3 Å². The van der Waals surface area contributed by atoms with E-state index < -0.39 is 6.10 Å². The SMILES string of the molecule is C/C(=C/C(=O)NCC(O)COCC1CC1)c1cccc(Cl)c1. The summed E-state index contributed by atoms with van der Waals surface area (Å²) in [6.07, 6.45) is 3.27. The van der Waals surface area contributed by atoms with Crippen molar-refractivity contribution in [3.8, 4) is 0 Å². The van der Waals surface area contributed by atoms with E-state index in [1.165, 1.54) is 18.9 Å². The van der Waals surface area contributed by atoms with Crippen molar-refractivity contribution in [3.05, 3.63) is 40.9 Å². The Morgan fingerprint density at radius 3 is 3.00 bits per heavy atom. The number of ether oxygens (including phenoxy) is 1. The van der Waals surface area contributed by atoms with Gasteiger partial charge in [-0.15, -0.1) is 0 Å². The first-order valence-electron chi connectivity index (χ1n) is 7.52. The second kappa shape index (κ2) is 8.32. The lowest BCUT2D eigenvalue weighted by Gasteiger charge is -2.11. The van der Waals surface area contributed by atoms with Gasteiger partial charge in [-0.25, -0.2) is 0 Å². The van der Waals surface area contributed by atoms with Crippen LogP contribution in [0, 0.1) is 5.92 Å². The van der Waals surface area contributed by atoms with E-state index in [1.807, 2.05) is 19.1 Å². The summed E-state index contributed by atoms with van der Waals surface area (Å²) < 4.78 is 5.38. The summed E-state index contributed by atoms with van der Waals surface area (Å²) in [4.78, 5) is 11.8. The van der Waals surface area contributed by atoms with Crippen molar-refractivity contribution in [2.75, 3.05) is 19.8 Å². The molecule has 120 valence electrons. The van der Waals surface area contributed by atoms with Crippen LogP contribution in [0.2, 0.25) is 5.02 Å². The van der Waals surface area contributed by atoms with Crippen molar-refractivity contribution in [3.63, 3.8) is 0 Å². The third-order valence-electron chi connectivity index (χ3n) is 3.50. The van der Waals surface area contributed by atoms with E-state index >= 15 is 0 Å². The lowest BCUT2D eigenvalue weighted by molar-refractivity contribution is -0.117. The van der Waals surface area contributed by atoms with E-state index in [0.29, 0.717) is 17.5 Å². The number of rotatable bonds is 8. The lowest BCUT2D eigenvalue weighted by Crippen LogP contribution is -2.33. The molecule has 1 aromatic carbocycles. The minimum atomic E-state index is -0.678. The maximum atomic E-state index is 11.8. The molecule has 1 saturated carbocycles. The fourth-order valence-electron chi connectivity index (χ4n) is 2.00. The van der Waals surface area contributed by atoms with E-state index in [0.717, 1.165) is 11.1 Å². The normalized spacial score (nSPS) is 16.4. The Bertz CT molecular complexity index is 540. The molecular weight excluding hydrogens is 302 g/mol. The van der Waals surface area contributed by atoms with Gasteiger partial charge in [0, 0.05) is 24.3 Å². The van der Waals surface area contributed by atoms with Crippen LogP contribution >= 0.6 is 11.6 Å². The highest BCUT2D eigenvalue weighted by atomic mass is 35.5. The number of hydrogen-bond acceptors (Lipinski definition) is 3. The smallest absolute Gasteiger partial charge is 0.244 e. The van der Waals surface area contributed by atoms with Gasteiger partial charge >= 0.3 is 0 Å². The average molecular weight is 324 g/mol. The van der Waals surface area contributed by atoms with E-state index in [9.17, 15) is 9.90 Å². The highest BCUT2D eigenvalue weighted by Crippen LogP contribution is 2.28. The largest absolute Gasteiger partial charge is 0.389 e. The Morgan fingerprint density at radius 2 is 2.32 bits per heavy atom. The van der Waals surface area contributed by atoms with Gasteiger partial charge in [-0.1, -0.05) is 23.7 Å². The van der Waals surface area contributed by atoms with Crippen LogP contribution in [0.3, 0.4) is 0 Å². The minimum Gasteiger partial charge on any atom is -0.389 e. The summed E-state index contributed by atoms with van der Waals surface area (Å²) in [7, 11) is 0. The zero-order chi connectivity index (χ0) is 15.9. The van der Waals surface area contributed by atoms with Crippen LogP contribution in [0.25, 0.3) is 5.57 Å². The fourth-order valence-corrected chi connectivity index (χ4v) is 2.19. The van der Waals surface area contributed by atoms with Crippen LogP contribution in [-0.4, -0.2) is 36.9 Å². The van der Waals surface area contributed by atoms with Crippen LogP contribution in [-0.2, 0) is 9.53 Å². The third kappa shape index (κ3) is 6.18. The van der Waals surface area contributed by atoms with Crippen LogP contribution in [0.5, 0.6) is 0 Å². The van der Waals surface area contributed by atoms with Crippen LogP contribution in [0.15, 0.2) is 30.3 Å². The molecule has 0 bridgehead atoms. The molecule has 5 heteroatoms. The molecule has 1 amide bonds. The predicted molar refractivity (Wildman–Crippen MR) is 87.7 cm³/mol. The molecule has 2 rings (SSSR count). The van der Waals surface area contributed by atoms with Gasteiger partial charge in [0.15, 0.2) is 0 Å². The highest BCUT2D eigenvalue weighted by Gasteiger charge is 2.21. The van der Waals surface area contributed by atoms with Crippen LogP contribution < -0.4 is 5.32 Å². The first kappa shape index (κ1) is 17.0. The Labute approximate surface area is 136 Å². The van der Waals surface area contributed by atoms with Crippen molar-refractivity contribution < 1.29 is 14.6 Å². The zero-order valence-corrected chi connectivity index (χ0v) is 13.5. The van der Waals surface area contributed by atoms with E-state index in [2.05, 4.69) is 5.32 Å². The molecule has 1 unspecified atom stereocenters. The van der Waals surface area contributed by atoms with Gasteiger partial charge in [0.25, 0.3) is 0 Å². The zero-order valence-electron chi connectivity index (χ0n) is 12.7. The summed E-state index contributed by atoms with van der Waals surface area (Å²) in [5.41, 5.74) is 1.72. The monoisotopic (exact) mass is 323 g/mol. The number of benzene rings is 1. The summed E-state index contributed by atoms with van der Waals surface area (Å²) in [6.45, 7) is 3.00. The molecule has 0 aliphatic heterocycles. The molecule has 0 saturated heterocycles. The summed E-state index contributed by atoms with van der Waals surface area (Å²) in [6, 6.07) is 7.33. The number of hydrogen-bond donors (Lipinski definition) is 2. The molecule has 22 heavy (non-hydrogen) atoms. The van der Waals surface area contributed by atoms with Crippen LogP contribution in [0.4, 0.5) is 0 Å². The van der Waals surface area contributed by atoms with Crippen molar-refractivity contribution in [1.29, 1.82) is 0 Å². The molecule has 0 aromatic heterocycles. The van der Waals surface area contributed by atoms with Gasteiger partial charge < -0.3 is 15.2 Å². The Morgan fingerprint density at radius 1 is 1.55 bits per heavy atom. The number of carbonyl (C=O) groups excluding carboxylic acids is 1. The quantitative estimate of drug-likeness (QED) is 0.723. The number of aliphatic hydroxyl groups is 1. The Kier molecular flexibility index (Phi) is 6.43. The van der Waals surface area contributed by atoms with E-state index in [1.54, 1.807) is 12.1 Å². The molecule has 0 radical (unpaired) electrons. The van der Waals surface area contributed by atoms with Crippen molar-refractivity contribution in [1.82, 2.24) is 5.32 Å². The second-order valence-electron chi connectivity index (χ2n) is 5.72. The maximum Gasteiger partial charge on any atom is 0.244 e. The Hall–Kier alpha value is -1.36. The van der Waals surface area contributed by atoms with Gasteiger partial charge in [-0.05, 0) is 49.0 Å². The molecule has 1 atom stereocenters. The number of nitrogens with one attached hydrogen (secondary N) is 1. The molecule has 2 N–H and O–H groups in total. The number of aliphatic hydroxyl groups excluding tert-OH is 1. The van der Waals surface area contributed by atoms with Crippen molar-refractivity contribution in [2.45, 2.75) is 25.9 Å². The Balaban J connectivity index is 1.72. The minimum absolute atomic E-state index is 0.183. The maximum absolute atomic E-state index is 11.8. The molecule has 1 fully saturated rings. The van der Waals surface area contributed by atoms with Crippen LogP contribution in [0.1, 0.15) is 25.3 Å². The molecule has 0 heterocycles. The fraction of sp³-hybridized carbons (Fsp3) is 0.471. The molecule has 0 spiro atoms. The van der Waals surface area contributed by atoms with Gasteiger partial charge in [0.2, 0.25) is 5.91 Å². The summed E-state index contributed by atoms with van der Waals surface area (Å²) >= 11 is 5.93. The van der Waals surface area contributed by atoms with Gasteiger partial charge in [0.1, 0.15) is 0 Å². The number of allylic oxidation sites excluding steroid dienone is 1. The lowest BCUT2D eigenvalue weighted by atomic mass is 10.1. The number of halogens is 1. The molecule has 1 aromatic rings. The van der Waals surface area contributed by atoms with Crippen molar-refractivity contribution >= 4 is 23.1 Å². The summed E-state index contributed by atoms with van der Waals surface area (Å²) in [5.74, 6) is 0.434. The molecule has 4 nitrogen and oxygen atoms in total. The molecule has 1 aliphatic rings. The second-order valence-corrected chi connectivity index (χ2v) is 6.15. The van der Waals surface area contributed by atoms with Gasteiger partial charge in [-0.2, -0.15) is 0 Å². The molecular formula is C17H22ClNO3. The van der Waals surface area contributed by atoms with E-state index in [-0.39, 0.29) is 19.1 Å². The average Bonchev–Trinajstić information content (AvgIpc) is 3.29. The molecule has 1 aliphatic carbocycles.